The first-order chi connectivity index (χ1) is 23.5. The number of ether oxygens (including phenoxy) is 8. The van der Waals surface area contributed by atoms with Gasteiger partial charge in [-0.2, -0.15) is 0 Å². The van der Waals surface area contributed by atoms with Crippen molar-refractivity contribution in [3.05, 3.63) is 0 Å². The van der Waals surface area contributed by atoms with Crippen LogP contribution in [0.1, 0.15) is 110 Å². The molecule has 0 aromatic carbocycles. The molecule has 1 N–H and O–H groups in total. The number of carboxylic acid groups (broad SMARTS) is 1. The molecule has 0 aliphatic carbocycles. The van der Waals surface area contributed by atoms with Gasteiger partial charge in [-0.15, -0.1) is 0 Å². The average molecular weight is 693 g/mol. The van der Waals surface area contributed by atoms with Crippen molar-refractivity contribution in [3.8, 4) is 0 Å². The topological polar surface area (TPSA) is 162 Å². The lowest BCUT2D eigenvalue weighted by Crippen LogP contribution is -2.17. The number of carbonyl (C=O) groups excluding carboxylic acids is 3. The minimum Gasteiger partial charge on any atom is -0.476 e. The Morgan fingerprint density at radius 2 is 0.667 bits per heavy atom. The van der Waals surface area contributed by atoms with Crippen molar-refractivity contribution in [2.24, 2.45) is 0 Å². The molecular weight excluding hydrogens is 628 g/mol. The molecule has 0 heterocycles. The van der Waals surface area contributed by atoms with Gasteiger partial charge in [0.1, 0.15) is 13.2 Å². The molecule has 13 heteroatoms. The first-order valence-corrected chi connectivity index (χ1v) is 18.0. The van der Waals surface area contributed by atoms with Crippen LogP contribution in [0.4, 0.5) is 0 Å². The number of hydrogen-bond donors (Lipinski definition) is 1. The number of rotatable bonds is 39. The fourth-order valence-corrected chi connectivity index (χ4v) is 4.38. The number of ketones is 1. The Morgan fingerprint density at radius 3 is 1.00 bits per heavy atom. The zero-order chi connectivity index (χ0) is 35.2. The number of aliphatic carboxylic acids is 1. The van der Waals surface area contributed by atoms with Crippen LogP contribution >= 0.6 is 0 Å². The van der Waals surface area contributed by atoms with E-state index in [0.717, 1.165) is 12.8 Å². The van der Waals surface area contributed by atoms with Crippen molar-refractivity contribution in [1.29, 1.82) is 0 Å². The molecule has 0 unspecified atom stereocenters. The van der Waals surface area contributed by atoms with E-state index in [0.29, 0.717) is 79.1 Å². The Kier molecular flexibility index (Phi) is 36.0. The molecule has 0 amide bonds. The van der Waals surface area contributed by atoms with Gasteiger partial charge >= 0.3 is 17.9 Å². The summed E-state index contributed by atoms with van der Waals surface area (Å²) in [7, 11) is 0. The van der Waals surface area contributed by atoms with Crippen molar-refractivity contribution >= 4 is 23.7 Å². The third-order valence-electron chi connectivity index (χ3n) is 7.12. The Hall–Kier alpha value is -2.16. The molecule has 282 valence electrons. The Labute approximate surface area is 287 Å². The quantitative estimate of drug-likeness (QED) is 0.0516. The largest absolute Gasteiger partial charge is 0.476 e. The lowest BCUT2D eigenvalue weighted by atomic mass is 10.0. The fraction of sp³-hybridized carbons (Fsp3) is 0.886. The van der Waals surface area contributed by atoms with Gasteiger partial charge in [-0.1, -0.05) is 84.0 Å². The average Bonchev–Trinajstić information content (AvgIpc) is 3.07. The number of Topliss-reactive ketones (excluding diaryl/α,β-unsaturated/α-hetero) is 1. The summed E-state index contributed by atoms with van der Waals surface area (Å²) < 4.78 is 42.4. The lowest BCUT2D eigenvalue weighted by Gasteiger charge is -2.09. The maximum absolute atomic E-state index is 11.8. The van der Waals surface area contributed by atoms with Crippen LogP contribution in [0, 0.1) is 0 Å². The van der Waals surface area contributed by atoms with Crippen LogP contribution < -0.4 is 0 Å². The van der Waals surface area contributed by atoms with Gasteiger partial charge in [-0.3, -0.25) is 14.4 Å². The lowest BCUT2D eigenvalue weighted by molar-refractivity contribution is -0.151. The van der Waals surface area contributed by atoms with E-state index in [-0.39, 0.29) is 38.6 Å². The minimum atomic E-state index is -1.56. The van der Waals surface area contributed by atoms with Crippen LogP contribution in [0.15, 0.2) is 0 Å². The van der Waals surface area contributed by atoms with Gasteiger partial charge in [0.2, 0.25) is 5.78 Å². The predicted octanol–water partition coefficient (Wildman–Crippen LogP) is 5.09. The minimum absolute atomic E-state index is 0.0141. The summed E-state index contributed by atoms with van der Waals surface area (Å²) in [6, 6.07) is 0. The second-order valence-electron chi connectivity index (χ2n) is 11.3. The highest BCUT2D eigenvalue weighted by molar-refractivity contribution is 6.32. The van der Waals surface area contributed by atoms with Crippen LogP contribution in [0.5, 0.6) is 0 Å². The van der Waals surface area contributed by atoms with Crippen molar-refractivity contribution < 1.29 is 62.2 Å². The van der Waals surface area contributed by atoms with Gasteiger partial charge in [0, 0.05) is 12.8 Å². The van der Waals surface area contributed by atoms with E-state index in [4.69, 9.17) is 43.0 Å². The molecule has 0 fully saturated rings. The molecule has 0 radical (unpaired) electrons. The molecule has 0 atom stereocenters. The van der Waals surface area contributed by atoms with E-state index in [1.54, 1.807) is 0 Å². The van der Waals surface area contributed by atoms with Crippen LogP contribution in [0.25, 0.3) is 0 Å². The molecule has 48 heavy (non-hydrogen) atoms. The van der Waals surface area contributed by atoms with E-state index in [1.165, 1.54) is 70.6 Å². The molecule has 0 bridgehead atoms. The van der Waals surface area contributed by atoms with E-state index >= 15 is 0 Å². The Balaban J connectivity index is 3.20. The first-order valence-electron chi connectivity index (χ1n) is 18.0. The van der Waals surface area contributed by atoms with Gasteiger partial charge in [-0.05, 0) is 6.42 Å². The summed E-state index contributed by atoms with van der Waals surface area (Å²) in [4.78, 5) is 44.5. The van der Waals surface area contributed by atoms with Crippen molar-refractivity contribution in [3.63, 3.8) is 0 Å². The van der Waals surface area contributed by atoms with E-state index in [9.17, 15) is 19.2 Å². The molecule has 0 spiro atoms. The molecule has 0 saturated carbocycles. The maximum Gasteiger partial charge on any atom is 0.372 e. The summed E-state index contributed by atoms with van der Waals surface area (Å²) in [5.41, 5.74) is 0. The smallest absolute Gasteiger partial charge is 0.372 e. The van der Waals surface area contributed by atoms with Crippen molar-refractivity contribution in [2.75, 3.05) is 92.5 Å². The Morgan fingerprint density at radius 1 is 0.375 bits per heavy atom. The molecule has 0 saturated heterocycles. The second-order valence-corrected chi connectivity index (χ2v) is 11.3. The van der Waals surface area contributed by atoms with Gasteiger partial charge in [-0.25, -0.2) is 4.79 Å². The molecule has 0 aromatic heterocycles. The van der Waals surface area contributed by atoms with Crippen LogP contribution in [0.3, 0.4) is 0 Å². The van der Waals surface area contributed by atoms with Gasteiger partial charge < -0.3 is 43.0 Å². The third-order valence-corrected chi connectivity index (χ3v) is 7.12. The third kappa shape index (κ3) is 36.7. The number of esters is 2. The molecule has 0 aliphatic rings. The summed E-state index contributed by atoms with van der Waals surface area (Å²) in [5, 5.41) is 8.44. The first kappa shape index (κ1) is 45.8. The molecule has 0 rings (SSSR count). The van der Waals surface area contributed by atoms with E-state index in [1.807, 2.05) is 0 Å². The second kappa shape index (κ2) is 37.7. The highest BCUT2D eigenvalue weighted by Crippen LogP contribution is 2.13. The number of unbranched alkanes of at least 4 members (excludes halogenated alkanes) is 12. The van der Waals surface area contributed by atoms with E-state index in [2.05, 4.69) is 6.92 Å². The summed E-state index contributed by atoms with van der Waals surface area (Å²) >= 11 is 0. The van der Waals surface area contributed by atoms with Crippen molar-refractivity contribution in [2.45, 2.75) is 110 Å². The van der Waals surface area contributed by atoms with Crippen LogP contribution in [-0.4, -0.2) is 121 Å². The van der Waals surface area contributed by atoms with E-state index < -0.39 is 17.7 Å². The molecule has 0 aromatic rings. The van der Waals surface area contributed by atoms with Crippen molar-refractivity contribution in [1.82, 2.24) is 0 Å². The highest BCUT2D eigenvalue weighted by atomic mass is 16.6. The zero-order valence-corrected chi connectivity index (χ0v) is 29.6. The monoisotopic (exact) mass is 692 g/mol. The fourth-order valence-electron chi connectivity index (χ4n) is 4.38. The number of hydrogen-bond acceptors (Lipinski definition) is 12. The predicted molar refractivity (Wildman–Crippen MR) is 179 cm³/mol. The maximum atomic E-state index is 11.8. The summed E-state index contributed by atoms with van der Waals surface area (Å²) in [6.45, 7) is 7.19. The SMILES string of the molecule is CCCCCCCCCCCCCCCC(=O)OCCOCCOCCOCCOCCOCCOCCOC(=O)CCC(=O)C(=O)O. The summed E-state index contributed by atoms with van der Waals surface area (Å²) in [6.07, 6.45) is 16.5. The normalized spacial score (nSPS) is 11.1. The highest BCUT2D eigenvalue weighted by Gasteiger charge is 2.14. The van der Waals surface area contributed by atoms with Gasteiger partial charge in [0.15, 0.2) is 0 Å². The number of carbonyl (C=O) groups is 4. The Bertz CT molecular complexity index is 763. The van der Waals surface area contributed by atoms with Gasteiger partial charge in [0.05, 0.1) is 85.7 Å². The zero-order valence-electron chi connectivity index (χ0n) is 29.6. The van der Waals surface area contributed by atoms with Crippen LogP contribution in [-0.2, 0) is 57.1 Å². The molecular formula is C35H64O13. The molecule has 13 nitrogen and oxygen atoms in total. The summed E-state index contributed by atoms with van der Waals surface area (Å²) in [5.74, 6) is -3.39. The number of carboxylic acids is 1. The standard InChI is InChI=1S/C35H64O13/c1-2-3-4-5-6-7-8-9-10-11-12-13-14-15-33(37)47-30-28-45-26-24-43-22-20-41-18-19-42-21-23-44-25-27-46-29-31-48-34(38)17-16-32(36)35(39)40/h2-31H2,1H3,(H,39,40). The van der Waals surface area contributed by atoms with Gasteiger partial charge in [0.25, 0.3) is 0 Å². The molecule has 0 aliphatic heterocycles. The van der Waals surface area contributed by atoms with Crippen LogP contribution in [0.2, 0.25) is 0 Å².